The third kappa shape index (κ3) is 5.19. The van der Waals surface area contributed by atoms with Crippen molar-refractivity contribution in [1.29, 1.82) is 0 Å². The van der Waals surface area contributed by atoms with Gasteiger partial charge in [-0.1, -0.05) is 0 Å². The molecule has 0 fully saturated rings. The molecule has 1 N–H and O–H groups in total. The molecule has 0 heterocycles. The molecule has 0 saturated heterocycles. The van der Waals surface area contributed by atoms with Crippen LogP contribution in [0.5, 0.6) is 0 Å². The van der Waals surface area contributed by atoms with Crippen molar-refractivity contribution in [2.75, 3.05) is 26.8 Å². The van der Waals surface area contributed by atoms with E-state index in [-0.39, 0.29) is 19.1 Å². The number of rotatable bonds is 5. The van der Waals surface area contributed by atoms with Crippen LogP contribution in [0.1, 0.15) is 13.3 Å². The Kier molecular flexibility index (Phi) is 5.88. The average Bonchev–Trinajstić information content (AvgIpc) is 2.11. The van der Waals surface area contributed by atoms with Gasteiger partial charge in [0.2, 0.25) is 5.91 Å². The highest BCUT2D eigenvalue weighted by atomic mass is 16.5. The molecule has 0 radical (unpaired) electrons. The first-order chi connectivity index (χ1) is 6.11. The molecule has 13 heavy (non-hydrogen) atoms. The average molecular weight is 189 g/mol. The van der Waals surface area contributed by atoms with Crippen LogP contribution in [-0.4, -0.2) is 48.7 Å². The first kappa shape index (κ1) is 11.9. The fourth-order valence-corrected chi connectivity index (χ4v) is 0.830. The molecular weight excluding hydrogens is 174 g/mol. The van der Waals surface area contributed by atoms with Crippen molar-refractivity contribution < 1.29 is 19.4 Å². The molecule has 0 rings (SSSR count). The lowest BCUT2D eigenvalue weighted by Gasteiger charge is -2.18. The quantitative estimate of drug-likeness (QED) is 0.586. The number of aliphatic hydroxyl groups excluding tert-OH is 1. The van der Waals surface area contributed by atoms with Gasteiger partial charge >= 0.3 is 5.97 Å². The van der Waals surface area contributed by atoms with E-state index in [2.05, 4.69) is 4.74 Å². The molecule has 0 aromatic carbocycles. The molecule has 1 amide bonds. The minimum atomic E-state index is -0.451. The fraction of sp³-hybridized carbons (Fsp3) is 0.750. The summed E-state index contributed by atoms with van der Waals surface area (Å²) in [7, 11) is 1.27. The summed E-state index contributed by atoms with van der Waals surface area (Å²) < 4.78 is 4.42. The number of esters is 1. The van der Waals surface area contributed by atoms with Crippen molar-refractivity contribution >= 4 is 11.9 Å². The zero-order chi connectivity index (χ0) is 10.3. The van der Waals surface area contributed by atoms with Crippen LogP contribution in [0.15, 0.2) is 0 Å². The number of carbonyl (C=O) groups is 2. The second-order valence-corrected chi connectivity index (χ2v) is 2.59. The molecule has 0 aliphatic carbocycles. The molecule has 0 aromatic heterocycles. The summed E-state index contributed by atoms with van der Waals surface area (Å²) in [6.07, 6.45) is 0.469. The van der Waals surface area contributed by atoms with Crippen LogP contribution in [0.4, 0.5) is 0 Å². The van der Waals surface area contributed by atoms with E-state index >= 15 is 0 Å². The van der Waals surface area contributed by atoms with Crippen molar-refractivity contribution in [3.8, 4) is 0 Å². The van der Waals surface area contributed by atoms with Gasteiger partial charge in [0, 0.05) is 20.1 Å². The molecular formula is C8H15NO4. The Balaban J connectivity index is 3.94. The van der Waals surface area contributed by atoms with Crippen molar-refractivity contribution in [3.63, 3.8) is 0 Å². The molecule has 0 aliphatic rings. The number of amides is 1. The van der Waals surface area contributed by atoms with Crippen LogP contribution in [0.25, 0.3) is 0 Å². The highest BCUT2D eigenvalue weighted by Gasteiger charge is 2.12. The highest BCUT2D eigenvalue weighted by Crippen LogP contribution is 1.93. The molecule has 5 heteroatoms. The van der Waals surface area contributed by atoms with Gasteiger partial charge in [0.15, 0.2) is 0 Å². The summed E-state index contributed by atoms with van der Waals surface area (Å²) in [5.74, 6) is -0.646. The largest absolute Gasteiger partial charge is 0.468 e. The van der Waals surface area contributed by atoms with Gasteiger partial charge in [-0.2, -0.15) is 0 Å². The van der Waals surface area contributed by atoms with Gasteiger partial charge < -0.3 is 14.7 Å². The summed E-state index contributed by atoms with van der Waals surface area (Å²) in [5, 5.41) is 8.53. The maximum absolute atomic E-state index is 10.9. The maximum Gasteiger partial charge on any atom is 0.325 e. The van der Waals surface area contributed by atoms with Crippen molar-refractivity contribution in [2.24, 2.45) is 0 Å². The Hall–Kier alpha value is -1.10. The van der Waals surface area contributed by atoms with Crippen molar-refractivity contribution in [2.45, 2.75) is 13.3 Å². The third-order valence-corrected chi connectivity index (χ3v) is 1.58. The van der Waals surface area contributed by atoms with E-state index in [1.54, 1.807) is 0 Å². The summed E-state index contributed by atoms with van der Waals surface area (Å²) in [6.45, 7) is 1.71. The number of aliphatic hydroxyl groups is 1. The van der Waals surface area contributed by atoms with Crippen LogP contribution in [0.3, 0.4) is 0 Å². The first-order valence-corrected chi connectivity index (χ1v) is 4.05. The van der Waals surface area contributed by atoms with Gasteiger partial charge in [-0.3, -0.25) is 9.59 Å². The predicted octanol–water partition coefficient (Wildman–Crippen LogP) is -0.610. The van der Waals surface area contributed by atoms with E-state index in [4.69, 9.17) is 5.11 Å². The molecule has 76 valence electrons. The van der Waals surface area contributed by atoms with Crippen LogP contribution in [0, 0.1) is 0 Å². The van der Waals surface area contributed by atoms with E-state index in [0.29, 0.717) is 13.0 Å². The molecule has 0 aromatic rings. The van der Waals surface area contributed by atoms with Crippen LogP contribution in [0.2, 0.25) is 0 Å². The Morgan fingerprint density at radius 2 is 2.08 bits per heavy atom. The lowest BCUT2D eigenvalue weighted by molar-refractivity contribution is -0.146. The number of hydrogen-bond acceptors (Lipinski definition) is 4. The summed E-state index contributed by atoms with van der Waals surface area (Å²) in [5.41, 5.74) is 0. The second-order valence-electron chi connectivity index (χ2n) is 2.59. The van der Waals surface area contributed by atoms with Gasteiger partial charge in [-0.05, 0) is 6.42 Å². The third-order valence-electron chi connectivity index (χ3n) is 1.58. The summed E-state index contributed by atoms with van der Waals surface area (Å²) >= 11 is 0. The minimum absolute atomic E-state index is 0.00491. The van der Waals surface area contributed by atoms with E-state index in [9.17, 15) is 9.59 Å². The molecule has 5 nitrogen and oxygen atoms in total. The van der Waals surface area contributed by atoms with E-state index < -0.39 is 5.97 Å². The number of ether oxygens (including phenoxy) is 1. The lowest BCUT2D eigenvalue weighted by atomic mass is 10.4. The van der Waals surface area contributed by atoms with Gasteiger partial charge in [-0.25, -0.2) is 0 Å². The Labute approximate surface area is 77.3 Å². The zero-order valence-corrected chi connectivity index (χ0v) is 7.95. The highest BCUT2D eigenvalue weighted by molar-refractivity contribution is 5.80. The maximum atomic E-state index is 10.9. The van der Waals surface area contributed by atoms with Crippen LogP contribution in [-0.2, 0) is 14.3 Å². The molecule has 0 spiro atoms. The standard InChI is InChI=1S/C8H15NO4/c1-7(11)9(4-3-5-10)6-8(12)13-2/h10H,3-6H2,1-2H3. The van der Waals surface area contributed by atoms with Crippen LogP contribution >= 0.6 is 0 Å². The Morgan fingerprint density at radius 1 is 1.46 bits per heavy atom. The van der Waals surface area contributed by atoms with Crippen molar-refractivity contribution in [1.82, 2.24) is 4.90 Å². The predicted molar refractivity (Wildman–Crippen MR) is 46.0 cm³/mol. The Bertz CT molecular complexity index is 181. The van der Waals surface area contributed by atoms with E-state index in [0.717, 1.165) is 0 Å². The van der Waals surface area contributed by atoms with Crippen molar-refractivity contribution in [3.05, 3.63) is 0 Å². The lowest BCUT2D eigenvalue weighted by Crippen LogP contribution is -2.35. The van der Waals surface area contributed by atoms with E-state index in [1.165, 1.54) is 18.9 Å². The molecule has 0 saturated carbocycles. The van der Waals surface area contributed by atoms with Gasteiger partial charge in [-0.15, -0.1) is 0 Å². The number of carbonyl (C=O) groups excluding carboxylic acids is 2. The fourth-order valence-electron chi connectivity index (χ4n) is 0.830. The topological polar surface area (TPSA) is 66.8 Å². The SMILES string of the molecule is COC(=O)CN(CCCO)C(C)=O. The Morgan fingerprint density at radius 3 is 2.46 bits per heavy atom. The number of methoxy groups -OCH3 is 1. The molecule has 0 unspecified atom stereocenters. The molecule has 0 bridgehead atoms. The van der Waals surface area contributed by atoms with Gasteiger partial charge in [0.1, 0.15) is 6.54 Å². The zero-order valence-electron chi connectivity index (χ0n) is 7.95. The van der Waals surface area contributed by atoms with Gasteiger partial charge in [0.25, 0.3) is 0 Å². The normalized spacial score (nSPS) is 9.46. The number of nitrogens with zero attached hydrogens (tertiary/aromatic N) is 1. The smallest absolute Gasteiger partial charge is 0.325 e. The second kappa shape index (κ2) is 6.42. The van der Waals surface area contributed by atoms with E-state index in [1.807, 2.05) is 0 Å². The van der Waals surface area contributed by atoms with Crippen LogP contribution < -0.4 is 0 Å². The molecule has 0 aliphatic heterocycles. The summed E-state index contributed by atoms with van der Waals surface area (Å²) in [4.78, 5) is 23.1. The van der Waals surface area contributed by atoms with Gasteiger partial charge in [0.05, 0.1) is 7.11 Å². The minimum Gasteiger partial charge on any atom is -0.468 e. The monoisotopic (exact) mass is 189 g/mol. The number of hydrogen-bond donors (Lipinski definition) is 1. The summed E-state index contributed by atoms with van der Waals surface area (Å²) in [6, 6.07) is 0. The molecule has 0 atom stereocenters. The first-order valence-electron chi connectivity index (χ1n) is 4.05.